The minimum atomic E-state index is -0.0489. The molecule has 0 saturated carbocycles. The van der Waals surface area contributed by atoms with Gasteiger partial charge in [0.25, 0.3) is 5.91 Å². The summed E-state index contributed by atoms with van der Waals surface area (Å²) >= 11 is 0. The fourth-order valence-corrected chi connectivity index (χ4v) is 2.79. The van der Waals surface area contributed by atoms with Crippen molar-refractivity contribution in [2.45, 2.75) is 26.8 Å². The molecule has 0 heterocycles. The first kappa shape index (κ1) is 24.7. The van der Waals surface area contributed by atoms with Gasteiger partial charge in [0.1, 0.15) is 5.75 Å². The van der Waals surface area contributed by atoms with Crippen molar-refractivity contribution in [2.75, 3.05) is 27.2 Å². The van der Waals surface area contributed by atoms with E-state index in [9.17, 15) is 4.79 Å². The van der Waals surface area contributed by atoms with Crippen LogP contribution < -0.4 is 20.7 Å². The van der Waals surface area contributed by atoms with Gasteiger partial charge >= 0.3 is 0 Å². The number of guanidine groups is 1. The van der Waals surface area contributed by atoms with Gasteiger partial charge in [-0.3, -0.25) is 9.79 Å². The van der Waals surface area contributed by atoms with Crippen LogP contribution in [-0.2, 0) is 13.0 Å². The molecule has 0 spiro atoms. The van der Waals surface area contributed by atoms with Gasteiger partial charge in [0.2, 0.25) is 0 Å². The van der Waals surface area contributed by atoms with E-state index in [2.05, 4.69) is 39.1 Å². The van der Waals surface area contributed by atoms with Crippen molar-refractivity contribution in [2.24, 2.45) is 4.99 Å². The number of nitrogens with one attached hydrogen (secondary N) is 3. The van der Waals surface area contributed by atoms with Crippen LogP contribution in [0.5, 0.6) is 5.75 Å². The molecule has 0 saturated heterocycles. The normalized spacial score (nSPS) is 10.7. The minimum absolute atomic E-state index is 0. The van der Waals surface area contributed by atoms with Gasteiger partial charge in [-0.1, -0.05) is 24.3 Å². The van der Waals surface area contributed by atoms with Gasteiger partial charge in [-0.2, -0.15) is 0 Å². The second-order valence-electron chi connectivity index (χ2n) is 6.46. The van der Waals surface area contributed by atoms with E-state index < -0.39 is 0 Å². The lowest BCUT2D eigenvalue weighted by atomic mass is 10.1. The zero-order valence-electron chi connectivity index (χ0n) is 17.5. The van der Waals surface area contributed by atoms with Crippen LogP contribution in [0.1, 0.15) is 34.0 Å². The molecule has 0 atom stereocenters. The third-order valence-corrected chi connectivity index (χ3v) is 4.42. The number of nitrogens with zero attached hydrogens (tertiary/aromatic N) is 1. The molecule has 0 aromatic heterocycles. The molecule has 6 nitrogen and oxygen atoms in total. The summed E-state index contributed by atoms with van der Waals surface area (Å²) in [5.41, 5.74) is 4.10. The van der Waals surface area contributed by atoms with Gasteiger partial charge in [-0.25, -0.2) is 0 Å². The molecule has 3 N–H and O–H groups in total. The molecular formula is C22H31IN4O2. The molecule has 158 valence electrons. The largest absolute Gasteiger partial charge is 0.496 e. The number of hydrogen-bond donors (Lipinski definition) is 3. The molecule has 2 aromatic carbocycles. The quantitative estimate of drug-likeness (QED) is 0.290. The lowest BCUT2D eigenvalue weighted by Crippen LogP contribution is -2.37. The number of carbonyl (C=O) groups excluding carboxylic acids is 1. The number of amides is 1. The summed E-state index contributed by atoms with van der Waals surface area (Å²) in [5, 5.41) is 9.41. The van der Waals surface area contributed by atoms with Crippen LogP contribution in [0.3, 0.4) is 0 Å². The number of carbonyl (C=O) groups is 1. The molecule has 2 aromatic rings. The first-order chi connectivity index (χ1) is 13.6. The average Bonchev–Trinajstić information content (AvgIpc) is 2.72. The maximum Gasteiger partial charge on any atom is 0.251 e. The number of aliphatic imine (C=N–C) groups is 1. The van der Waals surface area contributed by atoms with E-state index in [0.29, 0.717) is 18.7 Å². The highest BCUT2D eigenvalue weighted by atomic mass is 127. The Morgan fingerprint density at radius 2 is 1.72 bits per heavy atom. The van der Waals surface area contributed by atoms with Crippen LogP contribution >= 0.6 is 24.0 Å². The number of methoxy groups -OCH3 is 1. The van der Waals surface area contributed by atoms with Gasteiger partial charge in [0.15, 0.2) is 5.96 Å². The van der Waals surface area contributed by atoms with Crippen LogP contribution in [-0.4, -0.2) is 39.1 Å². The fraction of sp³-hybridized carbons (Fsp3) is 0.364. The van der Waals surface area contributed by atoms with E-state index >= 15 is 0 Å². The van der Waals surface area contributed by atoms with Crippen LogP contribution in [0.2, 0.25) is 0 Å². The zero-order chi connectivity index (χ0) is 20.4. The summed E-state index contributed by atoms with van der Waals surface area (Å²) in [6, 6.07) is 13.8. The SMILES string of the molecule is CCNC(=O)c1ccc(CNC(=NC)NCCc2ccc(C)c(OC)c2)cc1.I. The second-order valence-corrected chi connectivity index (χ2v) is 6.46. The lowest BCUT2D eigenvalue weighted by molar-refractivity contribution is 0.0956. The van der Waals surface area contributed by atoms with Crippen LogP contribution in [0, 0.1) is 6.92 Å². The number of ether oxygens (including phenoxy) is 1. The maximum absolute atomic E-state index is 11.8. The van der Waals surface area contributed by atoms with Gasteiger partial charge in [0, 0.05) is 32.2 Å². The van der Waals surface area contributed by atoms with Gasteiger partial charge < -0.3 is 20.7 Å². The van der Waals surface area contributed by atoms with E-state index in [4.69, 9.17) is 4.74 Å². The Morgan fingerprint density at radius 3 is 2.34 bits per heavy atom. The molecule has 0 aliphatic rings. The summed E-state index contributed by atoms with van der Waals surface area (Å²) in [6.07, 6.45) is 0.874. The Bertz CT molecular complexity index is 807. The molecule has 0 radical (unpaired) electrons. The number of aryl methyl sites for hydroxylation is 1. The molecule has 0 unspecified atom stereocenters. The van der Waals surface area contributed by atoms with Crippen molar-refractivity contribution in [3.8, 4) is 5.75 Å². The molecule has 1 amide bonds. The molecule has 29 heavy (non-hydrogen) atoms. The fourth-order valence-electron chi connectivity index (χ4n) is 2.79. The van der Waals surface area contributed by atoms with Gasteiger partial charge in [-0.15, -0.1) is 24.0 Å². The number of hydrogen-bond acceptors (Lipinski definition) is 3. The summed E-state index contributed by atoms with van der Waals surface area (Å²) in [5.74, 6) is 1.61. The Kier molecular flexibility index (Phi) is 11.1. The number of halogens is 1. The average molecular weight is 510 g/mol. The first-order valence-corrected chi connectivity index (χ1v) is 9.52. The van der Waals surface area contributed by atoms with E-state index in [1.807, 2.05) is 38.1 Å². The van der Waals surface area contributed by atoms with E-state index in [-0.39, 0.29) is 29.9 Å². The van der Waals surface area contributed by atoms with Crippen molar-refractivity contribution in [1.82, 2.24) is 16.0 Å². The summed E-state index contributed by atoms with van der Waals surface area (Å²) in [7, 11) is 3.45. The van der Waals surface area contributed by atoms with E-state index in [1.165, 1.54) is 5.56 Å². The second kappa shape index (κ2) is 13.0. The molecule has 7 heteroatoms. The van der Waals surface area contributed by atoms with Crippen molar-refractivity contribution in [3.05, 3.63) is 64.7 Å². The summed E-state index contributed by atoms with van der Waals surface area (Å²) in [6.45, 7) is 5.97. The number of rotatable bonds is 8. The standard InChI is InChI=1S/C22H30N4O2.HI/c1-5-24-21(27)19-10-8-18(9-11-19)15-26-22(23-3)25-13-12-17-7-6-16(2)20(14-17)28-4;/h6-11,14H,5,12-13,15H2,1-4H3,(H,24,27)(H2,23,25,26);1H. The molecule has 0 bridgehead atoms. The highest BCUT2D eigenvalue weighted by Gasteiger charge is 2.05. The lowest BCUT2D eigenvalue weighted by Gasteiger charge is -2.13. The Balaban J connectivity index is 0.00000420. The molecular weight excluding hydrogens is 479 g/mol. The van der Waals surface area contributed by atoms with Crippen LogP contribution in [0.25, 0.3) is 0 Å². The molecule has 0 aliphatic carbocycles. The summed E-state index contributed by atoms with van der Waals surface area (Å²) in [4.78, 5) is 16.1. The van der Waals surface area contributed by atoms with Crippen LogP contribution in [0.4, 0.5) is 0 Å². The summed E-state index contributed by atoms with van der Waals surface area (Å²) < 4.78 is 5.38. The predicted molar refractivity (Wildman–Crippen MR) is 130 cm³/mol. The molecule has 2 rings (SSSR count). The van der Waals surface area contributed by atoms with Crippen LogP contribution in [0.15, 0.2) is 47.5 Å². The Hall–Kier alpha value is -2.29. The van der Waals surface area contributed by atoms with Crippen molar-refractivity contribution in [3.63, 3.8) is 0 Å². The Labute approximate surface area is 190 Å². The van der Waals surface area contributed by atoms with Gasteiger partial charge in [-0.05, 0) is 55.2 Å². The molecule has 0 fully saturated rings. The van der Waals surface area contributed by atoms with Crippen molar-refractivity contribution in [1.29, 1.82) is 0 Å². The maximum atomic E-state index is 11.8. The minimum Gasteiger partial charge on any atom is -0.496 e. The Morgan fingerprint density at radius 1 is 1.03 bits per heavy atom. The van der Waals surface area contributed by atoms with Crippen molar-refractivity contribution >= 4 is 35.8 Å². The molecule has 0 aliphatic heterocycles. The third-order valence-electron chi connectivity index (χ3n) is 4.42. The smallest absolute Gasteiger partial charge is 0.251 e. The monoisotopic (exact) mass is 510 g/mol. The first-order valence-electron chi connectivity index (χ1n) is 9.52. The number of benzene rings is 2. The van der Waals surface area contributed by atoms with Gasteiger partial charge in [0.05, 0.1) is 7.11 Å². The topological polar surface area (TPSA) is 74.8 Å². The third kappa shape index (κ3) is 7.92. The van der Waals surface area contributed by atoms with Crippen molar-refractivity contribution < 1.29 is 9.53 Å². The van der Waals surface area contributed by atoms with E-state index in [1.54, 1.807) is 14.2 Å². The highest BCUT2D eigenvalue weighted by Crippen LogP contribution is 2.18. The zero-order valence-corrected chi connectivity index (χ0v) is 19.9. The van der Waals surface area contributed by atoms with E-state index in [0.717, 1.165) is 35.8 Å². The highest BCUT2D eigenvalue weighted by molar-refractivity contribution is 14.0. The predicted octanol–water partition coefficient (Wildman–Crippen LogP) is 3.28.